The molecule has 1 aliphatic rings. The first-order chi connectivity index (χ1) is 12.7. The normalized spacial score (nSPS) is 16.0. The van der Waals surface area contributed by atoms with Gasteiger partial charge in [0, 0.05) is 35.6 Å². The van der Waals surface area contributed by atoms with E-state index in [1.54, 1.807) is 24.7 Å². The fourth-order valence-corrected chi connectivity index (χ4v) is 3.19. The second-order valence-corrected chi connectivity index (χ2v) is 6.21. The molecule has 2 aromatic carbocycles. The molecule has 0 fully saturated rings. The number of hydrogen-bond donors (Lipinski definition) is 1. The maximum absolute atomic E-state index is 12.9. The van der Waals surface area contributed by atoms with Crippen LogP contribution in [0.4, 0.5) is 11.4 Å². The first-order valence-corrected chi connectivity index (χ1v) is 8.49. The van der Waals surface area contributed by atoms with Gasteiger partial charge in [-0.05, 0) is 23.8 Å². The highest BCUT2D eigenvalue weighted by Gasteiger charge is 2.30. The first kappa shape index (κ1) is 16.2. The molecule has 2 heterocycles. The minimum Gasteiger partial charge on any atom is -0.383 e. The number of hydrogen-bond acceptors (Lipinski definition) is 4. The number of Topliss-reactive ketones (excluding diaryl/α,β-unsaturated/α-hetero) is 1. The number of anilines is 2. The number of aliphatic hydroxyl groups excluding tert-OH is 1. The lowest BCUT2D eigenvalue weighted by Gasteiger charge is -2.31. The van der Waals surface area contributed by atoms with Gasteiger partial charge in [0.05, 0.1) is 11.9 Å². The van der Waals surface area contributed by atoms with E-state index in [0.29, 0.717) is 11.1 Å². The minimum absolute atomic E-state index is 0.0907. The van der Waals surface area contributed by atoms with Gasteiger partial charge in [0.2, 0.25) is 0 Å². The predicted octanol–water partition coefficient (Wildman–Crippen LogP) is 3.96. The number of rotatable bonds is 4. The molecule has 0 bridgehead atoms. The van der Waals surface area contributed by atoms with Crippen molar-refractivity contribution < 1.29 is 9.90 Å². The number of aromatic nitrogens is 1. The molecule has 128 valence electrons. The monoisotopic (exact) mass is 342 g/mol. The Morgan fingerprint density at radius 3 is 2.42 bits per heavy atom. The molecule has 26 heavy (non-hydrogen) atoms. The molecule has 4 heteroatoms. The molecule has 0 saturated carbocycles. The number of pyridine rings is 1. The van der Waals surface area contributed by atoms with Crippen molar-refractivity contribution in [2.75, 3.05) is 4.90 Å². The number of fused-ring (bicyclic) bond motifs is 1. The van der Waals surface area contributed by atoms with Crippen molar-refractivity contribution in [2.45, 2.75) is 12.5 Å². The summed E-state index contributed by atoms with van der Waals surface area (Å²) in [7, 11) is 0. The largest absolute Gasteiger partial charge is 0.383 e. The Kier molecular flexibility index (Phi) is 4.33. The van der Waals surface area contributed by atoms with Crippen molar-refractivity contribution in [3.63, 3.8) is 0 Å². The SMILES string of the molecule is O=C(Cc1ccccc1)C1=CN(c2ccccc2)c2cnccc2C1O. The zero-order chi connectivity index (χ0) is 17.9. The minimum atomic E-state index is -0.954. The van der Waals surface area contributed by atoms with Gasteiger partial charge in [0.15, 0.2) is 5.78 Å². The van der Waals surface area contributed by atoms with Crippen LogP contribution < -0.4 is 4.90 Å². The van der Waals surface area contributed by atoms with E-state index in [-0.39, 0.29) is 12.2 Å². The van der Waals surface area contributed by atoms with Gasteiger partial charge in [-0.3, -0.25) is 9.78 Å². The molecule has 1 unspecified atom stereocenters. The van der Waals surface area contributed by atoms with Gasteiger partial charge >= 0.3 is 0 Å². The van der Waals surface area contributed by atoms with Crippen LogP contribution in [-0.2, 0) is 11.2 Å². The zero-order valence-corrected chi connectivity index (χ0v) is 14.1. The molecule has 4 rings (SSSR count). The second-order valence-electron chi connectivity index (χ2n) is 6.21. The van der Waals surface area contributed by atoms with E-state index in [0.717, 1.165) is 16.9 Å². The molecule has 0 saturated heterocycles. The summed E-state index contributed by atoms with van der Waals surface area (Å²) in [6.45, 7) is 0. The third-order valence-corrected chi connectivity index (χ3v) is 4.51. The zero-order valence-electron chi connectivity index (χ0n) is 14.1. The summed E-state index contributed by atoms with van der Waals surface area (Å²) in [6.07, 6.45) is 4.38. The van der Waals surface area contributed by atoms with Crippen LogP contribution in [-0.4, -0.2) is 15.9 Å². The molecule has 3 aromatic rings. The highest BCUT2D eigenvalue weighted by Crippen LogP contribution is 2.40. The molecule has 0 radical (unpaired) electrons. The third kappa shape index (κ3) is 3.03. The van der Waals surface area contributed by atoms with E-state index in [2.05, 4.69) is 4.98 Å². The fraction of sp³-hybridized carbons (Fsp3) is 0.0909. The summed E-state index contributed by atoms with van der Waals surface area (Å²) in [5, 5.41) is 10.8. The number of ketones is 1. The Bertz CT molecular complexity index is 952. The van der Waals surface area contributed by atoms with Gasteiger partial charge in [-0.15, -0.1) is 0 Å². The molecule has 1 aliphatic heterocycles. The molecular formula is C22H18N2O2. The van der Waals surface area contributed by atoms with Gasteiger partial charge in [0.25, 0.3) is 0 Å². The highest BCUT2D eigenvalue weighted by molar-refractivity contribution is 6.00. The molecule has 4 nitrogen and oxygen atoms in total. The summed E-state index contributed by atoms with van der Waals surface area (Å²) in [6, 6.07) is 21.1. The molecule has 1 atom stereocenters. The summed E-state index contributed by atoms with van der Waals surface area (Å²) in [5.74, 6) is -0.0907. The average Bonchev–Trinajstić information content (AvgIpc) is 2.70. The summed E-state index contributed by atoms with van der Waals surface area (Å²) < 4.78 is 0. The maximum Gasteiger partial charge on any atom is 0.167 e. The molecule has 0 spiro atoms. The fourth-order valence-electron chi connectivity index (χ4n) is 3.19. The van der Waals surface area contributed by atoms with Gasteiger partial charge in [0.1, 0.15) is 6.10 Å². The van der Waals surface area contributed by atoms with Gasteiger partial charge in [-0.25, -0.2) is 0 Å². The molecule has 1 N–H and O–H groups in total. The van der Waals surface area contributed by atoms with Crippen LogP contribution in [0.5, 0.6) is 0 Å². The first-order valence-electron chi connectivity index (χ1n) is 8.49. The van der Waals surface area contributed by atoms with Crippen molar-refractivity contribution in [3.05, 3.63) is 102 Å². The summed E-state index contributed by atoms with van der Waals surface area (Å²) in [5.41, 5.74) is 3.69. The van der Waals surface area contributed by atoms with E-state index in [9.17, 15) is 9.90 Å². The van der Waals surface area contributed by atoms with E-state index in [4.69, 9.17) is 0 Å². The second kappa shape index (κ2) is 6.94. The number of para-hydroxylation sites is 1. The quantitative estimate of drug-likeness (QED) is 0.780. The van der Waals surface area contributed by atoms with E-state index in [1.807, 2.05) is 65.6 Å². The van der Waals surface area contributed by atoms with Crippen LogP contribution in [0.15, 0.2) is 90.9 Å². The van der Waals surface area contributed by atoms with Crippen molar-refractivity contribution in [2.24, 2.45) is 0 Å². The Labute approximate surface area is 152 Å². The molecule has 0 aliphatic carbocycles. The van der Waals surface area contributed by atoms with Crippen LogP contribution in [0.3, 0.4) is 0 Å². The van der Waals surface area contributed by atoms with E-state index < -0.39 is 6.10 Å². The smallest absolute Gasteiger partial charge is 0.167 e. The van der Waals surface area contributed by atoms with Gasteiger partial charge < -0.3 is 10.0 Å². The third-order valence-electron chi connectivity index (χ3n) is 4.51. The van der Waals surface area contributed by atoms with Crippen LogP contribution in [0.1, 0.15) is 17.2 Å². The predicted molar refractivity (Wildman–Crippen MR) is 101 cm³/mol. The lowest BCUT2D eigenvalue weighted by Crippen LogP contribution is -2.25. The number of benzene rings is 2. The Hall–Kier alpha value is -3.24. The van der Waals surface area contributed by atoms with Crippen molar-refractivity contribution in [3.8, 4) is 0 Å². The van der Waals surface area contributed by atoms with Crippen LogP contribution in [0.25, 0.3) is 0 Å². The topological polar surface area (TPSA) is 53.4 Å². The number of nitrogens with zero attached hydrogens (tertiary/aromatic N) is 2. The Morgan fingerprint density at radius 1 is 1.00 bits per heavy atom. The van der Waals surface area contributed by atoms with Crippen molar-refractivity contribution in [1.82, 2.24) is 4.98 Å². The van der Waals surface area contributed by atoms with Crippen LogP contribution in [0.2, 0.25) is 0 Å². The number of carbonyl (C=O) groups is 1. The highest BCUT2D eigenvalue weighted by atomic mass is 16.3. The lowest BCUT2D eigenvalue weighted by atomic mass is 9.92. The van der Waals surface area contributed by atoms with Gasteiger partial charge in [-0.2, -0.15) is 0 Å². The molecule has 1 aromatic heterocycles. The van der Waals surface area contributed by atoms with Crippen LogP contribution in [0, 0.1) is 0 Å². The van der Waals surface area contributed by atoms with E-state index >= 15 is 0 Å². The number of carbonyl (C=O) groups excluding carboxylic acids is 1. The van der Waals surface area contributed by atoms with Crippen molar-refractivity contribution >= 4 is 17.2 Å². The number of aliphatic hydroxyl groups is 1. The van der Waals surface area contributed by atoms with Crippen LogP contribution >= 0.6 is 0 Å². The summed E-state index contributed by atoms with van der Waals surface area (Å²) in [4.78, 5) is 19.0. The summed E-state index contributed by atoms with van der Waals surface area (Å²) >= 11 is 0. The Balaban J connectivity index is 1.74. The van der Waals surface area contributed by atoms with E-state index in [1.165, 1.54) is 0 Å². The van der Waals surface area contributed by atoms with Crippen molar-refractivity contribution in [1.29, 1.82) is 0 Å². The Morgan fingerprint density at radius 2 is 1.69 bits per heavy atom. The lowest BCUT2D eigenvalue weighted by molar-refractivity contribution is -0.116. The standard InChI is InChI=1S/C22H18N2O2/c25-21(13-16-7-3-1-4-8-16)19-15-24(17-9-5-2-6-10-17)20-14-23-12-11-18(20)22(19)26/h1-12,14-15,22,26H,13H2. The van der Waals surface area contributed by atoms with Gasteiger partial charge in [-0.1, -0.05) is 48.5 Å². The molecular weight excluding hydrogens is 324 g/mol. The molecule has 0 amide bonds. The average molecular weight is 342 g/mol. The maximum atomic E-state index is 12.9.